The molecule has 0 atom stereocenters. The molecule has 0 amide bonds. The molecule has 0 bridgehead atoms. The van der Waals surface area contributed by atoms with Gasteiger partial charge in [-0.1, -0.05) is 41.6 Å². The van der Waals surface area contributed by atoms with Crippen LogP contribution in [0.4, 0.5) is 17.5 Å². The van der Waals surface area contributed by atoms with Gasteiger partial charge in [-0.15, -0.1) is 0 Å². The maximum Gasteiger partial charge on any atom is 0.222 e. The lowest BCUT2D eigenvalue weighted by Crippen LogP contribution is -2.01. The highest BCUT2D eigenvalue weighted by Gasteiger charge is 2.08. The van der Waals surface area contributed by atoms with Crippen molar-refractivity contribution >= 4 is 40.8 Å². The van der Waals surface area contributed by atoms with Gasteiger partial charge in [0.15, 0.2) is 0 Å². The minimum Gasteiger partial charge on any atom is -0.368 e. The molecular weight excluding hydrogens is 316 g/mol. The standard InChI is InChI=1S/C16H13ClN4S/c17-11-6-8-13(9-7-11)22-14-10-19-16(18)21-15(14)20-12-4-2-1-3-5-12/h1-10H,(H3,18,19,20,21). The van der Waals surface area contributed by atoms with E-state index in [1.807, 2.05) is 54.6 Å². The predicted molar refractivity (Wildman–Crippen MR) is 91.7 cm³/mol. The van der Waals surface area contributed by atoms with Crippen molar-refractivity contribution in [2.75, 3.05) is 11.1 Å². The number of rotatable bonds is 4. The first kappa shape index (κ1) is 14.7. The van der Waals surface area contributed by atoms with Crippen molar-refractivity contribution in [3.63, 3.8) is 0 Å². The molecule has 0 aliphatic rings. The summed E-state index contributed by atoms with van der Waals surface area (Å²) in [6.07, 6.45) is 1.72. The zero-order valence-corrected chi connectivity index (χ0v) is 13.1. The van der Waals surface area contributed by atoms with Gasteiger partial charge in [0.1, 0.15) is 5.82 Å². The number of hydrogen-bond acceptors (Lipinski definition) is 5. The summed E-state index contributed by atoms with van der Waals surface area (Å²) in [5.74, 6) is 0.914. The molecule has 22 heavy (non-hydrogen) atoms. The molecule has 6 heteroatoms. The highest BCUT2D eigenvalue weighted by atomic mass is 35.5. The van der Waals surface area contributed by atoms with E-state index in [1.54, 1.807) is 18.0 Å². The summed E-state index contributed by atoms with van der Waals surface area (Å²) in [6, 6.07) is 17.4. The second kappa shape index (κ2) is 6.68. The van der Waals surface area contributed by atoms with Crippen molar-refractivity contribution in [2.45, 2.75) is 9.79 Å². The molecule has 0 unspecified atom stereocenters. The van der Waals surface area contributed by atoms with Gasteiger partial charge in [-0.2, -0.15) is 4.98 Å². The van der Waals surface area contributed by atoms with Crippen LogP contribution in [0.1, 0.15) is 0 Å². The summed E-state index contributed by atoms with van der Waals surface area (Å²) in [5.41, 5.74) is 6.65. The maximum atomic E-state index is 5.91. The molecule has 0 aliphatic carbocycles. The third-order valence-electron chi connectivity index (χ3n) is 2.85. The van der Waals surface area contributed by atoms with Crippen LogP contribution >= 0.6 is 23.4 Å². The van der Waals surface area contributed by atoms with Gasteiger partial charge in [0.05, 0.1) is 4.90 Å². The third-order valence-corrected chi connectivity index (χ3v) is 4.13. The Balaban J connectivity index is 1.89. The highest BCUT2D eigenvalue weighted by molar-refractivity contribution is 7.99. The lowest BCUT2D eigenvalue weighted by Gasteiger charge is -2.11. The van der Waals surface area contributed by atoms with Crippen LogP contribution in [0.25, 0.3) is 0 Å². The van der Waals surface area contributed by atoms with Gasteiger partial charge in [-0.3, -0.25) is 0 Å². The number of aromatic nitrogens is 2. The van der Waals surface area contributed by atoms with Crippen LogP contribution in [-0.2, 0) is 0 Å². The van der Waals surface area contributed by atoms with Gasteiger partial charge in [0.2, 0.25) is 5.95 Å². The fraction of sp³-hybridized carbons (Fsp3) is 0. The first-order valence-electron chi connectivity index (χ1n) is 6.59. The first-order chi connectivity index (χ1) is 10.7. The number of anilines is 3. The number of nitrogen functional groups attached to an aromatic ring is 1. The fourth-order valence-corrected chi connectivity index (χ4v) is 2.79. The minimum atomic E-state index is 0.235. The third kappa shape index (κ3) is 3.69. The van der Waals surface area contributed by atoms with E-state index in [1.165, 1.54) is 0 Å². The van der Waals surface area contributed by atoms with E-state index in [-0.39, 0.29) is 5.95 Å². The Hall–Kier alpha value is -2.24. The molecule has 3 aromatic rings. The van der Waals surface area contributed by atoms with E-state index in [0.29, 0.717) is 10.8 Å². The molecule has 3 rings (SSSR count). The quantitative estimate of drug-likeness (QED) is 0.732. The van der Waals surface area contributed by atoms with Crippen LogP contribution in [0, 0.1) is 0 Å². The van der Waals surface area contributed by atoms with Crippen LogP contribution in [0.15, 0.2) is 70.6 Å². The van der Waals surface area contributed by atoms with E-state index in [0.717, 1.165) is 15.5 Å². The highest BCUT2D eigenvalue weighted by Crippen LogP contribution is 2.34. The average molecular weight is 329 g/mol. The topological polar surface area (TPSA) is 63.8 Å². The smallest absolute Gasteiger partial charge is 0.222 e. The molecule has 0 fully saturated rings. The number of nitrogens with zero attached hydrogens (tertiary/aromatic N) is 2. The summed E-state index contributed by atoms with van der Waals surface area (Å²) < 4.78 is 0. The normalized spacial score (nSPS) is 10.4. The van der Waals surface area contributed by atoms with Crippen LogP contribution in [-0.4, -0.2) is 9.97 Å². The molecule has 1 heterocycles. The Kier molecular flexibility index (Phi) is 4.46. The van der Waals surface area contributed by atoms with E-state index in [9.17, 15) is 0 Å². The lowest BCUT2D eigenvalue weighted by molar-refractivity contribution is 1.12. The van der Waals surface area contributed by atoms with E-state index >= 15 is 0 Å². The molecule has 2 aromatic carbocycles. The summed E-state index contributed by atoms with van der Waals surface area (Å²) in [4.78, 5) is 10.3. The van der Waals surface area contributed by atoms with Gasteiger partial charge in [0, 0.05) is 21.8 Å². The number of hydrogen-bond donors (Lipinski definition) is 2. The molecule has 0 spiro atoms. The molecule has 110 valence electrons. The van der Waals surface area contributed by atoms with Crippen LogP contribution in [0.3, 0.4) is 0 Å². The molecule has 0 aliphatic heterocycles. The minimum absolute atomic E-state index is 0.235. The Labute approximate surface area is 137 Å². The summed E-state index contributed by atoms with van der Waals surface area (Å²) in [5, 5.41) is 3.98. The van der Waals surface area contributed by atoms with Crippen molar-refractivity contribution in [2.24, 2.45) is 0 Å². The SMILES string of the molecule is Nc1ncc(Sc2ccc(Cl)cc2)c(Nc2ccccc2)n1. The lowest BCUT2D eigenvalue weighted by atomic mass is 10.3. The Morgan fingerprint density at radius 2 is 1.73 bits per heavy atom. The van der Waals surface area contributed by atoms with Crippen LogP contribution < -0.4 is 11.1 Å². The van der Waals surface area contributed by atoms with Gasteiger partial charge >= 0.3 is 0 Å². The molecule has 0 saturated heterocycles. The molecular formula is C16H13ClN4S. The van der Waals surface area contributed by atoms with Gasteiger partial charge < -0.3 is 11.1 Å². The Bertz CT molecular complexity index is 763. The number of halogens is 1. The van der Waals surface area contributed by atoms with E-state index < -0.39 is 0 Å². The summed E-state index contributed by atoms with van der Waals surface area (Å²) in [7, 11) is 0. The maximum absolute atomic E-state index is 5.91. The second-order valence-corrected chi connectivity index (χ2v) is 6.04. The molecule has 3 N–H and O–H groups in total. The summed E-state index contributed by atoms with van der Waals surface area (Å²) >= 11 is 7.46. The van der Waals surface area contributed by atoms with Crippen LogP contribution in [0.2, 0.25) is 5.02 Å². The largest absolute Gasteiger partial charge is 0.368 e. The zero-order chi connectivity index (χ0) is 15.4. The van der Waals surface area contributed by atoms with Crippen molar-refractivity contribution in [1.29, 1.82) is 0 Å². The van der Waals surface area contributed by atoms with E-state index in [4.69, 9.17) is 17.3 Å². The first-order valence-corrected chi connectivity index (χ1v) is 7.78. The molecule has 1 aromatic heterocycles. The number of nitrogens with one attached hydrogen (secondary N) is 1. The Morgan fingerprint density at radius 3 is 2.45 bits per heavy atom. The van der Waals surface area contributed by atoms with Crippen molar-refractivity contribution in [3.05, 3.63) is 65.8 Å². The van der Waals surface area contributed by atoms with Crippen molar-refractivity contribution < 1.29 is 0 Å². The molecule has 4 nitrogen and oxygen atoms in total. The van der Waals surface area contributed by atoms with Gasteiger partial charge in [-0.25, -0.2) is 4.98 Å². The zero-order valence-electron chi connectivity index (χ0n) is 11.5. The monoisotopic (exact) mass is 328 g/mol. The van der Waals surface area contributed by atoms with Gasteiger partial charge in [0.25, 0.3) is 0 Å². The summed E-state index contributed by atoms with van der Waals surface area (Å²) in [6.45, 7) is 0. The number of para-hydroxylation sites is 1. The van der Waals surface area contributed by atoms with Crippen LogP contribution in [0.5, 0.6) is 0 Å². The van der Waals surface area contributed by atoms with Crippen molar-refractivity contribution in [1.82, 2.24) is 9.97 Å². The average Bonchev–Trinajstić information content (AvgIpc) is 2.53. The Morgan fingerprint density at radius 1 is 1.00 bits per heavy atom. The predicted octanol–water partition coefficient (Wildman–Crippen LogP) is 4.61. The number of nitrogens with two attached hydrogens (primary N) is 1. The second-order valence-electron chi connectivity index (χ2n) is 4.49. The van der Waals surface area contributed by atoms with Gasteiger partial charge in [-0.05, 0) is 36.4 Å². The number of benzene rings is 2. The molecule has 0 saturated carbocycles. The molecule has 0 radical (unpaired) electrons. The van der Waals surface area contributed by atoms with Crippen molar-refractivity contribution in [3.8, 4) is 0 Å². The fourth-order valence-electron chi connectivity index (χ4n) is 1.84. The van der Waals surface area contributed by atoms with E-state index in [2.05, 4.69) is 15.3 Å².